The quantitative estimate of drug-likeness (QED) is 0.878. The Morgan fingerprint density at radius 1 is 1.18 bits per heavy atom. The molecule has 0 aliphatic carbocycles. The summed E-state index contributed by atoms with van der Waals surface area (Å²) >= 11 is 0. The third-order valence-electron chi connectivity index (χ3n) is 3.85. The summed E-state index contributed by atoms with van der Waals surface area (Å²) in [6.45, 7) is 6.07. The fourth-order valence-corrected chi connectivity index (χ4v) is 2.65. The van der Waals surface area contributed by atoms with Crippen molar-refractivity contribution >= 4 is 5.91 Å². The van der Waals surface area contributed by atoms with E-state index in [0.717, 1.165) is 5.56 Å². The highest BCUT2D eigenvalue weighted by atomic mass is 19.1. The number of carbonyl (C=O) groups excluding carboxylic acids is 1. The van der Waals surface area contributed by atoms with Crippen molar-refractivity contribution in [3.8, 4) is 0 Å². The van der Waals surface area contributed by atoms with Gasteiger partial charge in [0.1, 0.15) is 5.82 Å². The normalized spacial score (nSPS) is 12.0. The van der Waals surface area contributed by atoms with Crippen molar-refractivity contribution in [3.05, 3.63) is 70.5 Å². The molecule has 0 radical (unpaired) electrons. The molecule has 0 saturated heterocycles. The van der Waals surface area contributed by atoms with Crippen LogP contribution in [0.4, 0.5) is 4.39 Å². The first kappa shape index (κ1) is 16.2. The number of aryl methyl sites for hydroxylation is 3. The molecular weight excluding hydrogens is 277 g/mol. The highest BCUT2D eigenvalue weighted by Crippen LogP contribution is 2.19. The van der Waals surface area contributed by atoms with Crippen molar-refractivity contribution in [2.75, 3.05) is 0 Å². The number of hydrogen-bond acceptors (Lipinski definition) is 1. The molecular formula is C19H22FNO. The van der Waals surface area contributed by atoms with Gasteiger partial charge < -0.3 is 5.32 Å². The minimum atomic E-state index is -0.252. The van der Waals surface area contributed by atoms with Crippen LogP contribution in [0.2, 0.25) is 0 Å². The van der Waals surface area contributed by atoms with Crippen molar-refractivity contribution in [1.82, 2.24) is 5.32 Å². The van der Waals surface area contributed by atoms with Gasteiger partial charge in [-0.05, 0) is 49.9 Å². The van der Waals surface area contributed by atoms with Crippen LogP contribution in [0.3, 0.4) is 0 Å². The van der Waals surface area contributed by atoms with Gasteiger partial charge in [0.05, 0.1) is 6.04 Å². The molecule has 1 N–H and O–H groups in total. The van der Waals surface area contributed by atoms with Gasteiger partial charge in [-0.1, -0.05) is 42.0 Å². The van der Waals surface area contributed by atoms with Gasteiger partial charge in [0.2, 0.25) is 5.91 Å². The fourth-order valence-electron chi connectivity index (χ4n) is 2.65. The molecule has 2 nitrogen and oxygen atoms in total. The lowest BCUT2D eigenvalue weighted by Crippen LogP contribution is -2.27. The van der Waals surface area contributed by atoms with Gasteiger partial charge in [0.25, 0.3) is 0 Å². The standard InChI is InChI=1S/C19H22FNO/c1-13-8-10-17(14(2)12-13)15(3)21-19(22)11-9-16-6-4-5-7-18(16)20/h4-8,10,12,15H,9,11H2,1-3H3,(H,21,22). The predicted octanol–water partition coefficient (Wildman–Crippen LogP) is 4.25. The number of carbonyl (C=O) groups is 1. The Bertz CT molecular complexity index is 666. The minimum absolute atomic E-state index is 0.0475. The number of nitrogens with one attached hydrogen (secondary N) is 1. The first-order valence-electron chi connectivity index (χ1n) is 7.57. The lowest BCUT2D eigenvalue weighted by atomic mass is 10.00. The van der Waals surface area contributed by atoms with Crippen LogP contribution in [0.1, 0.15) is 41.6 Å². The summed E-state index contributed by atoms with van der Waals surface area (Å²) in [5.41, 5.74) is 4.07. The maximum absolute atomic E-state index is 13.5. The van der Waals surface area contributed by atoms with Gasteiger partial charge in [-0.2, -0.15) is 0 Å². The van der Waals surface area contributed by atoms with Crippen LogP contribution in [-0.2, 0) is 11.2 Å². The van der Waals surface area contributed by atoms with E-state index in [2.05, 4.69) is 18.3 Å². The van der Waals surface area contributed by atoms with Crippen LogP contribution in [-0.4, -0.2) is 5.91 Å². The van der Waals surface area contributed by atoms with Gasteiger partial charge >= 0.3 is 0 Å². The molecule has 0 saturated carbocycles. The Morgan fingerprint density at radius 2 is 1.91 bits per heavy atom. The Labute approximate surface area is 131 Å². The zero-order chi connectivity index (χ0) is 16.1. The van der Waals surface area contributed by atoms with Crippen molar-refractivity contribution in [1.29, 1.82) is 0 Å². The summed E-state index contributed by atoms with van der Waals surface area (Å²) in [6.07, 6.45) is 0.703. The molecule has 0 aliphatic heterocycles. The molecule has 1 atom stereocenters. The van der Waals surface area contributed by atoms with Gasteiger partial charge in [0, 0.05) is 6.42 Å². The molecule has 2 aromatic carbocycles. The molecule has 22 heavy (non-hydrogen) atoms. The molecule has 0 fully saturated rings. The molecule has 1 unspecified atom stereocenters. The molecule has 2 aromatic rings. The van der Waals surface area contributed by atoms with Crippen LogP contribution >= 0.6 is 0 Å². The largest absolute Gasteiger partial charge is 0.350 e. The Hall–Kier alpha value is -2.16. The second-order valence-corrected chi connectivity index (χ2v) is 5.74. The van der Waals surface area contributed by atoms with Gasteiger partial charge in [-0.3, -0.25) is 4.79 Å². The van der Waals surface area contributed by atoms with Gasteiger partial charge in [-0.15, -0.1) is 0 Å². The van der Waals surface area contributed by atoms with Crippen LogP contribution in [0, 0.1) is 19.7 Å². The topological polar surface area (TPSA) is 29.1 Å². The molecule has 0 aliphatic rings. The second-order valence-electron chi connectivity index (χ2n) is 5.74. The molecule has 0 spiro atoms. The zero-order valence-corrected chi connectivity index (χ0v) is 13.3. The van der Waals surface area contributed by atoms with Crippen molar-refractivity contribution in [3.63, 3.8) is 0 Å². The fraction of sp³-hybridized carbons (Fsp3) is 0.316. The van der Waals surface area contributed by atoms with Crippen molar-refractivity contribution < 1.29 is 9.18 Å². The zero-order valence-electron chi connectivity index (χ0n) is 13.3. The first-order chi connectivity index (χ1) is 10.5. The summed E-state index contributed by atoms with van der Waals surface area (Å²) in [7, 11) is 0. The average Bonchev–Trinajstić information content (AvgIpc) is 2.46. The summed E-state index contributed by atoms with van der Waals surface area (Å²) in [6, 6.07) is 12.7. The lowest BCUT2D eigenvalue weighted by Gasteiger charge is -2.17. The van der Waals surface area contributed by atoms with E-state index in [4.69, 9.17) is 0 Å². The SMILES string of the molecule is Cc1ccc(C(C)NC(=O)CCc2ccccc2F)c(C)c1. The Morgan fingerprint density at radius 3 is 2.59 bits per heavy atom. The van der Waals surface area contributed by atoms with E-state index in [1.807, 2.05) is 26.0 Å². The summed E-state index contributed by atoms with van der Waals surface area (Å²) in [4.78, 5) is 12.1. The number of benzene rings is 2. The Balaban J connectivity index is 1.93. The monoisotopic (exact) mass is 299 g/mol. The number of hydrogen-bond donors (Lipinski definition) is 1. The second kappa shape index (κ2) is 7.21. The number of rotatable bonds is 5. The van der Waals surface area contributed by atoms with Crippen LogP contribution in [0.5, 0.6) is 0 Å². The molecule has 0 bridgehead atoms. The third-order valence-corrected chi connectivity index (χ3v) is 3.85. The van der Waals surface area contributed by atoms with Crippen molar-refractivity contribution in [2.45, 2.75) is 39.7 Å². The maximum Gasteiger partial charge on any atom is 0.220 e. The molecule has 0 heterocycles. The third kappa shape index (κ3) is 4.17. The van der Waals surface area contributed by atoms with Crippen LogP contribution in [0.15, 0.2) is 42.5 Å². The van der Waals surface area contributed by atoms with Crippen LogP contribution in [0.25, 0.3) is 0 Å². The highest BCUT2D eigenvalue weighted by Gasteiger charge is 2.12. The van der Waals surface area contributed by atoms with Crippen molar-refractivity contribution in [2.24, 2.45) is 0 Å². The first-order valence-corrected chi connectivity index (χ1v) is 7.57. The Kier molecular flexibility index (Phi) is 5.31. The van der Waals surface area contributed by atoms with E-state index >= 15 is 0 Å². The summed E-state index contributed by atoms with van der Waals surface area (Å²) in [5.74, 6) is -0.312. The maximum atomic E-state index is 13.5. The van der Waals surface area contributed by atoms with Crippen LogP contribution < -0.4 is 5.32 Å². The van der Waals surface area contributed by atoms with E-state index in [-0.39, 0.29) is 24.2 Å². The molecule has 0 aromatic heterocycles. The minimum Gasteiger partial charge on any atom is -0.350 e. The number of amides is 1. The number of halogens is 1. The summed E-state index contributed by atoms with van der Waals surface area (Å²) in [5, 5.41) is 2.98. The molecule has 2 rings (SSSR count). The van der Waals surface area contributed by atoms with E-state index in [0.29, 0.717) is 12.0 Å². The summed E-state index contributed by atoms with van der Waals surface area (Å²) < 4.78 is 13.5. The molecule has 1 amide bonds. The van der Waals surface area contributed by atoms with E-state index in [9.17, 15) is 9.18 Å². The van der Waals surface area contributed by atoms with E-state index in [1.165, 1.54) is 17.2 Å². The van der Waals surface area contributed by atoms with Gasteiger partial charge in [0.15, 0.2) is 0 Å². The van der Waals surface area contributed by atoms with E-state index in [1.54, 1.807) is 18.2 Å². The predicted molar refractivity (Wildman–Crippen MR) is 87.2 cm³/mol. The highest BCUT2D eigenvalue weighted by molar-refractivity contribution is 5.76. The van der Waals surface area contributed by atoms with E-state index < -0.39 is 0 Å². The molecule has 3 heteroatoms. The van der Waals surface area contributed by atoms with Gasteiger partial charge in [-0.25, -0.2) is 4.39 Å². The average molecular weight is 299 g/mol. The lowest BCUT2D eigenvalue weighted by molar-refractivity contribution is -0.121. The smallest absolute Gasteiger partial charge is 0.220 e. The molecule has 116 valence electrons.